The number of aryl methyl sites for hydroxylation is 1. The smallest absolute Gasteiger partial charge is 0.254 e. The van der Waals surface area contributed by atoms with Crippen molar-refractivity contribution in [3.8, 4) is 0 Å². The van der Waals surface area contributed by atoms with Gasteiger partial charge >= 0.3 is 0 Å². The number of rotatable bonds is 4. The number of carbonyl (C=O) groups excluding carboxylic acids is 1. The van der Waals surface area contributed by atoms with E-state index in [1.807, 2.05) is 36.9 Å². The van der Waals surface area contributed by atoms with Gasteiger partial charge in [0, 0.05) is 17.6 Å². The highest BCUT2D eigenvalue weighted by Gasteiger charge is 2.16. The normalized spacial score (nSPS) is 10.2. The number of hydrogen-bond acceptors (Lipinski definition) is 1. The van der Waals surface area contributed by atoms with E-state index in [2.05, 4.69) is 22.9 Å². The van der Waals surface area contributed by atoms with Gasteiger partial charge in [-0.1, -0.05) is 19.1 Å². The van der Waals surface area contributed by atoms with Crippen molar-refractivity contribution < 1.29 is 4.79 Å². The summed E-state index contributed by atoms with van der Waals surface area (Å²) in [6.45, 7) is 7.66. The lowest BCUT2D eigenvalue weighted by Gasteiger charge is -2.21. The van der Waals surface area contributed by atoms with Crippen LogP contribution in [0, 0.1) is 6.92 Å². The molecule has 0 radical (unpaired) electrons. The van der Waals surface area contributed by atoms with Crippen LogP contribution in [0.1, 0.15) is 36.2 Å². The highest BCUT2D eigenvalue weighted by atomic mass is 79.9. The lowest BCUT2D eigenvalue weighted by Crippen LogP contribution is -2.31. The molecule has 0 aliphatic heterocycles. The van der Waals surface area contributed by atoms with Crippen molar-refractivity contribution >= 4 is 21.8 Å². The van der Waals surface area contributed by atoms with Crippen molar-refractivity contribution in [1.82, 2.24) is 4.90 Å². The fraction of sp³-hybridized carbons (Fsp3) is 0.462. The third kappa shape index (κ3) is 2.85. The average molecular weight is 284 g/mol. The molecule has 3 heteroatoms. The first-order valence-electron chi connectivity index (χ1n) is 5.66. The summed E-state index contributed by atoms with van der Waals surface area (Å²) in [5, 5.41) is 0. The van der Waals surface area contributed by atoms with Crippen molar-refractivity contribution in [3.05, 3.63) is 33.8 Å². The third-order valence-corrected chi connectivity index (χ3v) is 3.64. The van der Waals surface area contributed by atoms with E-state index in [4.69, 9.17) is 0 Å². The standard InChI is InChI=1S/C13H18BrNO/c1-4-9-15(5-2)13(16)11-8-6-7-10(3)12(11)14/h6-8H,4-5,9H2,1-3H3. The van der Waals surface area contributed by atoms with Crippen LogP contribution in [-0.2, 0) is 0 Å². The molecule has 0 fully saturated rings. The molecule has 0 aromatic heterocycles. The molecule has 1 rings (SSSR count). The maximum Gasteiger partial charge on any atom is 0.254 e. The molecule has 0 N–H and O–H groups in total. The van der Waals surface area contributed by atoms with Gasteiger partial charge in [0.25, 0.3) is 5.91 Å². The Labute approximate surface area is 106 Å². The van der Waals surface area contributed by atoms with E-state index in [0.717, 1.165) is 35.1 Å². The molecule has 1 amide bonds. The minimum Gasteiger partial charge on any atom is -0.339 e. The van der Waals surface area contributed by atoms with Crippen LogP contribution in [0.25, 0.3) is 0 Å². The molecule has 0 saturated heterocycles. The summed E-state index contributed by atoms with van der Waals surface area (Å²) in [6.07, 6.45) is 0.989. The Morgan fingerprint density at radius 1 is 1.38 bits per heavy atom. The van der Waals surface area contributed by atoms with E-state index in [-0.39, 0.29) is 5.91 Å². The number of halogens is 1. The topological polar surface area (TPSA) is 20.3 Å². The number of benzene rings is 1. The zero-order valence-electron chi connectivity index (χ0n) is 10.1. The number of carbonyl (C=O) groups is 1. The molecule has 16 heavy (non-hydrogen) atoms. The van der Waals surface area contributed by atoms with Gasteiger partial charge in [0.2, 0.25) is 0 Å². The van der Waals surface area contributed by atoms with Gasteiger partial charge in [-0.05, 0) is 47.8 Å². The quantitative estimate of drug-likeness (QED) is 0.826. The summed E-state index contributed by atoms with van der Waals surface area (Å²) in [5.41, 5.74) is 1.86. The SMILES string of the molecule is CCCN(CC)C(=O)c1cccc(C)c1Br. The van der Waals surface area contributed by atoms with Crippen LogP contribution in [0.2, 0.25) is 0 Å². The van der Waals surface area contributed by atoms with Gasteiger partial charge in [0.05, 0.1) is 5.56 Å². The summed E-state index contributed by atoms with van der Waals surface area (Å²) < 4.78 is 0.912. The minimum atomic E-state index is 0.111. The molecular weight excluding hydrogens is 266 g/mol. The Balaban J connectivity index is 2.99. The van der Waals surface area contributed by atoms with Crippen molar-refractivity contribution in [2.75, 3.05) is 13.1 Å². The molecule has 2 nitrogen and oxygen atoms in total. The third-order valence-electron chi connectivity index (χ3n) is 2.58. The Bertz CT molecular complexity index is 376. The van der Waals surface area contributed by atoms with Crippen LogP contribution >= 0.6 is 15.9 Å². The molecule has 1 aromatic carbocycles. The molecule has 0 bridgehead atoms. The lowest BCUT2D eigenvalue weighted by molar-refractivity contribution is 0.0763. The van der Waals surface area contributed by atoms with E-state index < -0.39 is 0 Å². The van der Waals surface area contributed by atoms with Crippen LogP contribution in [0.15, 0.2) is 22.7 Å². The highest BCUT2D eigenvalue weighted by molar-refractivity contribution is 9.10. The van der Waals surface area contributed by atoms with E-state index >= 15 is 0 Å². The van der Waals surface area contributed by atoms with E-state index in [9.17, 15) is 4.79 Å². The van der Waals surface area contributed by atoms with E-state index in [1.165, 1.54) is 0 Å². The number of nitrogens with zero attached hydrogens (tertiary/aromatic N) is 1. The van der Waals surface area contributed by atoms with Crippen LogP contribution in [0.3, 0.4) is 0 Å². The monoisotopic (exact) mass is 283 g/mol. The second-order valence-electron chi connectivity index (χ2n) is 3.82. The first kappa shape index (κ1) is 13.2. The maximum absolute atomic E-state index is 12.2. The summed E-state index contributed by atoms with van der Waals surface area (Å²) >= 11 is 3.48. The fourth-order valence-electron chi connectivity index (χ4n) is 1.66. The zero-order chi connectivity index (χ0) is 12.1. The summed E-state index contributed by atoms with van der Waals surface area (Å²) in [6, 6.07) is 5.79. The van der Waals surface area contributed by atoms with E-state index in [1.54, 1.807) is 0 Å². The second kappa shape index (κ2) is 6.04. The van der Waals surface area contributed by atoms with Crippen LogP contribution in [0.4, 0.5) is 0 Å². The molecule has 0 aliphatic carbocycles. The lowest BCUT2D eigenvalue weighted by atomic mass is 10.1. The Hall–Kier alpha value is -0.830. The molecule has 0 spiro atoms. The largest absolute Gasteiger partial charge is 0.339 e. The molecule has 88 valence electrons. The van der Waals surface area contributed by atoms with Gasteiger partial charge in [-0.3, -0.25) is 4.79 Å². The zero-order valence-corrected chi connectivity index (χ0v) is 11.7. The van der Waals surface area contributed by atoms with Gasteiger partial charge < -0.3 is 4.90 Å². The van der Waals surface area contributed by atoms with Gasteiger partial charge in [0.15, 0.2) is 0 Å². The predicted octanol–water partition coefficient (Wildman–Crippen LogP) is 3.63. The molecule has 0 aliphatic rings. The number of hydrogen-bond donors (Lipinski definition) is 0. The van der Waals surface area contributed by atoms with Gasteiger partial charge in [-0.25, -0.2) is 0 Å². The Morgan fingerprint density at radius 2 is 2.06 bits per heavy atom. The van der Waals surface area contributed by atoms with Crippen LogP contribution in [0.5, 0.6) is 0 Å². The van der Waals surface area contributed by atoms with Crippen molar-refractivity contribution in [2.45, 2.75) is 27.2 Å². The van der Waals surface area contributed by atoms with Crippen molar-refractivity contribution in [3.63, 3.8) is 0 Å². The van der Waals surface area contributed by atoms with Crippen LogP contribution < -0.4 is 0 Å². The Morgan fingerprint density at radius 3 is 2.62 bits per heavy atom. The summed E-state index contributed by atoms with van der Waals surface area (Å²) in [7, 11) is 0. The Kier molecular flexibility index (Phi) is 5.00. The molecule has 1 aromatic rings. The van der Waals surface area contributed by atoms with Crippen molar-refractivity contribution in [2.24, 2.45) is 0 Å². The molecule has 0 unspecified atom stereocenters. The maximum atomic E-state index is 12.2. The first-order chi connectivity index (χ1) is 7.61. The fourth-order valence-corrected chi connectivity index (χ4v) is 2.09. The molecule has 0 saturated carbocycles. The first-order valence-corrected chi connectivity index (χ1v) is 6.45. The van der Waals surface area contributed by atoms with Gasteiger partial charge in [-0.15, -0.1) is 0 Å². The molecular formula is C13H18BrNO. The predicted molar refractivity (Wildman–Crippen MR) is 70.7 cm³/mol. The number of amides is 1. The molecule has 0 heterocycles. The second-order valence-corrected chi connectivity index (χ2v) is 4.61. The van der Waals surface area contributed by atoms with Crippen LogP contribution in [-0.4, -0.2) is 23.9 Å². The van der Waals surface area contributed by atoms with Gasteiger partial charge in [-0.2, -0.15) is 0 Å². The van der Waals surface area contributed by atoms with Gasteiger partial charge in [0.1, 0.15) is 0 Å². The average Bonchev–Trinajstić information content (AvgIpc) is 2.29. The highest BCUT2D eigenvalue weighted by Crippen LogP contribution is 2.22. The molecule has 0 atom stereocenters. The van der Waals surface area contributed by atoms with E-state index in [0.29, 0.717) is 0 Å². The summed E-state index contributed by atoms with van der Waals surface area (Å²) in [5.74, 6) is 0.111. The van der Waals surface area contributed by atoms with Crippen molar-refractivity contribution in [1.29, 1.82) is 0 Å². The minimum absolute atomic E-state index is 0.111. The summed E-state index contributed by atoms with van der Waals surface area (Å²) in [4.78, 5) is 14.1.